The van der Waals surface area contributed by atoms with Crippen molar-refractivity contribution in [3.63, 3.8) is 0 Å². The zero-order chi connectivity index (χ0) is 16.0. The molecular formula is C18H22N2O2. The summed E-state index contributed by atoms with van der Waals surface area (Å²) in [5, 5.41) is 11.6. The maximum atomic E-state index is 11.6. The minimum atomic E-state index is -1.10. The van der Waals surface area contributed by atoms with Gasteiger partial charge in [-0.05, 0) is 11.1 Å². The summed E-state index contributed by atoms with van der Waals surface area (Å²) in [5.74, 6) is 0. The second-order valence-corrected chi connectivity index (χ2v) is 5.29. The molecule has 4 nitrogen and oxygen atoms in total. The number of hydrogen-bond acceptors (Lipinski definition) is 3. The molecule has 1 aromatic carbocycles. The molecule has 1 atom stereocenters. The van der Waals surface area contributed by atoms with E-state index < -0.39 is 5.66 Å². The van der Waals surface area contributed by atoms with Crippen LogP contribution in [-0.2, 0) is 0 Å². The predicted octanol–water partition coefficient (Wildman–Crippen LogP) is 3.90. The monoisotopic (exact) mass is 298 g/mol. The molecule has 0 saturated carbocycles. The summed E-state index contributed by atoms with van der Waals surface area (Å²) >= 11 is 0. The Hall–Kier alpha value is -2.20. The number of allylic oxidation sites excluding steroid dienone is 3. The maximum absolute atomic E-state index is 11.6. The molecule has 1 aromatic rings. The molecule has 0 spiro atoms. The van der Waals surface area contributed by atoms with Crippen LogP contribution in [0.3, 0.4) is 0 Å². The highest BCUT2D eigenvalue weighted by atomic mass is 16.6. The van der Waals surface area contributed by atoms with Gasteiger partial charge in [-0.25, -0.2) is 4.90 Å². The van der Waals surface area contributed by atoms with E-state index in [1.165, 1.54) is 0 Å². The molecule has 0 aromatic heterocycles. The molecule has 1 unspecified atom stereocenters. The molecule has 1 aliphatic carbocycles. The SMILES string of the molecule is CCN(CC)C1([N+](=O)[O-])C=CC(C=Cc2ccccc2)=CC1. The van der Waals surface area contributed by atoms with E-state index in [0.29, 0.717) is 19.5 Å². The molecule has 0 amide bonds. The Morgan fingerprint density at radius 2 is 1.91 bits per heavy atom. The second kappa shape index (κ2) is 7.18. The van der Waals surface area contributed by atoms with Gasteiger partial charge in [0.25, 0.3) is 5.66 Å². The summed E-state index contributed by atoms with van der Waals surface area (Å²) in [5.41, 5.74) is 1.02. The highest BCUT2D eigenvalue weighted by molar-refractivity contribution is 5.55. The Labute approximate surface area is 131 Å². The molecule has 0 bridgehead atoms. The van der Waals surface area contributed by atoms with Gasteiger partial charge in [-0.2, -0.15) is 0 Å². The number of nitrogens with zero attached hydrogens (tertiary/aromatic N) is 2. The highest BCUT2D eigenvalue weighted by Crippen LogP contribution is 2.28. The molecule has 22 heavy (non-hydrogen) atoms. The first-order valence-electron chi connectivity index (χ1n) is 7.64. The van der Waals surface area contributed by atoms with Gasteiger partial charge in [-0.15, -0.1) is 0 Å². The van der Waals surface area contributed by atoms with Crippen molar-refractivity contribution in [3.8, 4) is 0 Å². The Balaban J connectivity index is 2.16. The number of rotatable bonds is 6. The molecule has 0 heterocycles. The Kier molecular flexibility index (Phi) is 5.28. The van der Waals surface area contributed by atoms with Crippen LogP contribution in [0.4, 0.5) is 0 Å². The van der Waals surface area contributed by atoms with E-state index in [1.54, 1.807) is 6.08 Å². The maximum Gasteiger partial charge on any atom is 0.300 e. The lowest BCUT2D eigenvalue weighted by atomic mass is 9.94. The van der Waals surface area contributed by atoms with Crippen LogP contribution in [0.2, 0.25) is 0 Å². The van der Waals surface area contributed by atoms with Gasteiger partial charge in [0.05, 0.1) is 6.42 Å². The normalized spacial score (nSPS) is 21.3. The van der Waals surface area contributed by atoms with Crippen LogP contribution >= 0.6 is 0 Å². The zero-order valence-corrected chi connectivity index (χ0v) is 13.1. The van der Waals surface area contributed by atoms with Gasteiger partial charge in [-0.1, -0.05) is 68.5 Å². The van der Waals surface area contributed by atoms with E-state index in [9.17, 15) is 10.1 Å². The first-order valence-corrected chi connectivity index (χ1v) is 7.64. The second-order valence-electron chi connectivity index (χ2n) is 5.29. The van der Waals surface area contributed by atoms with Crippen molar-refractivity contribution in [2.24, 2.45) is 0 Å². The molecule has 1 aliphatic rings. The zero-order valence-electron chi connectivity index (χ0n) is 13.1. The van der Waals surface area contributed by atoms with Crippen molar-refractivity contribution in [1.82, 2.24) is 4.90 Å². The summed E-state index contributed by atoms with van der Waals surface area (Å²) in [7, 11) is 0. The van der Waals surface area contributed by atoms with Crippen molar-refractivity contribution in [2.75, 3.05) is 13.1 Å². The fourth-order valence-electron chi connectivity index (χ4n) is 2.77. The van der Waals surface area contributed by atoms with Gasteiger partial charge < -0.3 is 0 Å². The fraction of sp³-hybridized carbons (Fsp3) is 0.333. The first-order chi connectivity index (χ1) is 10.6. The molecule has 0 N–H and O–H groups in total. The van der Waals surface area contributed by atoms with Crippen molar-refractivity contribution < 1.29 is 4.92 Å². The Bertz CT molecular complexity index is 601. The Morgan fingerprint density at radius 1 is 1.23 bits per heavy atom. The van der Waals surface area contributed by atoms with Crippen molar-refractivity contribution >= 4 is 6.08 Å². The summed E-state index contributed by atoms with van der Waals surface area (Å²) in [6.45, 7) is 5.23. The van der Waals surface area contributed by atoms with Gasteiger partial charge in [-0.3, -0.25) is 10.1 Å². The average molecular weight is 298 g/mol. The molecule has 116 valence electrons. The van der Waals surface area contributed by atoms with Gasteiger partial charge in [0, 0.05) is 24.1 Å². The molecule has 0 radical (unpaired) electrons. The quantitative estimate of drug-likeness (QED) is 0.454. The number of nitro groups is 1. The molecule has 0 saturated heterocycles. The van der Waals surface area contributed by atoms with E-state index in [0.717, 1.165) is 11.1 Å². The summed E-state index contributed by atoms with van der Waals surface area (Å²) in [6.07, 6.45) is 9.94. The molecule has 4 heteroatoms. The third-order valence-corrected chi connectivity index (χ3v) is 4.08. The molecule has 2 rings (SSSR count). The standard InChI is InChI=1S/C18H22N2O2/c1-3-19(4-2)18(20(21)22)14-12-17(13-15-18)11-10-16-8-6-5-7-9-16/h5-14H,3-4,15H2,1-2H3. The lowest BCUT2D eigenvalue weighted by Gasteiger charge is -2.33. The predicted molar refractivity (Wildman–Crippen MR) is 90.0 cm³/mol. The van der Waals surface area contributed by atoms with E-state index >= 15 is 0 Å². The third-order valence-electron chi connectivity index (χ3n) is 4.08. The van der Waals surface area contributed by atoms with Gasteiger partial charge in [0.1, 0.15) is 0 Å². The van der Waals surface area contributed by atoms with Gasteiger partial charge in [0.15, 0.2) is 0 Å². The van der Waals surface area contributed by atoms with Crippen LogP contribution in [0.1, 0.15) is 25.8 Å². The van der Waals surface area contributed by atoms with E-state index in [2.05, 4.69) is 0 Å². The van der Waals surface area contributed by atoms with Crippen molar-refractivity contribution in [3.05, 3.63) is 75.9 Å². The number of likely N-dealkylation sites (N-methyl/N-ethyl adjacent to an activating group) is 1. The lowest BCUT2D eigenvalue weighted by molar-refractivity contribution is -0.585. The third kappa shape index (κ3) is 3.34. The minimum Gasteiger partial charge on any atom is -0.262 e. The number of benzene rings is 1. The van der Waals surface area contributed by atoms with Crippen LogP contribution < -0.4 is 0 Å². The van der Waals surface area contributed by atoms with Gasteiger partial charge >= 0.3 is 0 Å². The van der Waals surface area contributed by atoms with Crippen molar-refractivity contribution in [1.29, 1.82) is 0 Å². The van der Waals surface area contributed by atoms with Crippen LogP contribution in [0.25, 0.3) is 6.08 Å². The van der Waals surface area contributed by atoms with E-state index in [4.69, 9.17) is 0 Å². The minimum absolute atomic E-state index is 0.176. The summed E-state index contributed by atoms with van der Waals surface area (Å²) in [6, 6.07) is 10.0. The molecule has 0 fully saturated rings. The van der Waals surface area contributed by atoms with Crippen LogP contribution in [-0.4, -0.2) is 28.6 Å². The number of hydrogen-bond donors (Lipinski definition) is 0. The average Bonchev–Trinajstić information content (AvgIpc) is 2.56. The van der Waals surface area contributed by atoms with E-state index in [1.807, 2.05) is 73.4 Å². The Morgan fingerprint density at radius 3 is 2.41 bits per heavy atom. The largest absolute Gasteiger partial charge is 0.300 e. The summed E-state index contributed by atoms with van der Waals surface area (Å²) < 4.78 is 0. The topological polar surface area (TPSA) is 46.4 Å². The summed E-state index contributed by atoms with van der Waals surface area (Å²) in [4.78, 5) is 13.3. The lowest BCUT2D eigenvalue weighted by Crippen LogP contribution is -2.53. The van der Waals surface area contributed by atoms with Crippen molar-refractivity contribution in [2.45, 2.75) is 25.9 Å². The highest BCUT2D eigenvalue weighted by Gasteiger charge is 2.45. The molecule has 0 aliphatic heterocycles. The van der Waals surface area contributed by atoms with Gasteiger partial charge in [0.2, 0.25) is 0 Å². The fourth-order valence-corrected chi connectivity index (χ4v) is 2.77. The smallest absolute Gasteiger partial charge is 0.262 e. The first kappa shape index (κ1) is 16.2. The van der Waals surface area contributed by atoms with Crippen LogP contribution in [0.15, 0.2) is 60.2 Å². The van der Waals surface area contributed by atoms with Crippen LogP contribution in [0.5, 0.6) is 0 Å². The van der Waals surface area contributed by atoms with Crippen LogP contribution in [0, 0.1) is 10.1 Å². The van der Waals surface area contributed by atoms with E-state index in [-0.39, 0.29) is 4.92 Å². The molecular weight excluding hydrogens is 276 g/mol.